The quantitative estimate of drug-likeness (QED) is 0.0558. The first-order chi connectivity index (χ1) is 19.1. The van der Waals surface area contributed by atoms with Crippen molar-refractivity contribution in [3.8, 4) is 0 Å². The molecule has 0 saturated carbocycles. The van der Waals surface area contributed by atoms with Gasteiger partial charge in [-0.1, -0.05) is 60.7 Å². The topological polar surface area (TPSA) is 215 Å². The van der Waals surface area contributed by atoms with E-state index in [9.17, 15) is 24.3 Å². The van der Waals surface area contributed by atoms with Crippen LogP contribution in [0, 0.1) is 0 Å². The number of thiol groups is 1. The molecular weight excluding hydrogens is 534 g/mol. The Bertz CT molecular complexity index is 1150. The predicted molar refractivity (Wildman–Crippen MR) is 155 cm³/mol. The van der Waals surface area contributed by atoms with Gasteiger partial charge in [-0.15, -0.1) is 0 Å². The Morgan fingerprint density at radius 3 is 1.75 bits per heavy atom. The molecule has 0 saturated heterocycles. The fourth-order valence-electron chi connectivity index (χ4n) is 3.78. The fourth-order valence-corrected chi connectivity index (χ4v) is 4.03. The lowest BCUT2D eigenvalue weighted by Gasteiger charge is -2.24. The molecule has 40 heavy (non-hydrogen) atoms. The number of hydrogen-bond donors (Lipinski definition) is 8. The molecule has 0 aliphatic rings. The first-order valence-corrected chi connectivity index (χ1v) is 13.4. The molecule has 10 N–H and O–H groups in total. The minimum Gasteiger partial charge on any atom is -0.480 e. The van der Waals surface area contributed by atoms with Gasteiger partial charge in [0.1, 0.15) is 18.1 Å². The van der Waals surface area contributed by atoms with Gasteiger partial charge in [0.05, 0.1) is 6.04 Å². The van der Waals surface area contributed by atoms with Crippen LogP contribution in [-0.2, 0) is 32.0 Å². The van der Waals surface area contributed by atoms with Crippen molar-refractivity contribution in [3.05, 3.63) is 71.8 Å². The molecule has 0 aromatic heterocycles. The van der Waals surface area contributed by atoms with E-state index in [1.54, 1.807) is 54.6 Å². The summed E-state index contributed by atoms with van der Waals surface area (Å²) in [5, 5.41) is 17.3. The molecule has 0 aliphatic carbocycles. The molecule has 0 heterocycles. The van der Waals surface area contributed by atoms with Crippen molar-refractivity contribution < 1.29 is 24.3 Å². The van der Waals surface area contributed by atoms with E-state index in [0.717, 1.165) is 11.1 Å². The number of aliphatic imine (C=N–C) groups is 1. The fraction of sp³-hybridized carbons (Fsp3) is 0.370. The minimum absolute atomic E-state index is 0.0584. The Hall–Kier alpha value is -4.10. The van der Waals surface area contributed by atoms with Crippen LogP contribution in [0.15, 0.2) is 65.7 Å². The van der Waals surface area contributed by atoms with Gasteiger partial charge in [-0.3, -0.25) is 19.4 Å². The zero-order valence-electron chi connectivity index (χ0n) is 22.0. The van der Waals surface area contributed by atoms with Crippen molar-refractivity contribution in [2.45, 2.75) is 49.9 Å². The summed E-state index contributed by atoms with van der Waals surface area (Å²) in [6.07, 6.45) is 0.925. The lowest BCUT2D eigenvalue weighted by molar-refractivity contribution is -0.142. The van der Waals surface area contributed by atoms with E-state index in [0.29, 0.717) is 13.0 Å². The number of carboxylic acids is 1. The van der Waals surface area contributed by atoms with E-state index in [-0.39, 0.29) is 31.0 Å². The van der Waals surface area contributed by atoms with Crippen LogP contribution in [0.3, 0.4) is 0 Å². The minimum atomic E-state index is -1.22. The molecule has 0 bridgehead atoms. The van der Waals surface area contributed by atoms with E-state index in [1.165, 1.54) is 0 Å². The highest BCUT2D eigenvalue weighted by molar-refractivity contribution is 7.80. The standard InChI is InChI=1S/C27H37N7O5S/c28-19(12-7-13-31-27(29)30)23(35)32-20(14-17-8-3-1-4-9-17)24(36)34-22(16-40)25(37)33-21(26(38)39)15-18-10-5-2-6-11-18/h1-6,8-11,19-22,40H,7,12-16,28H2,(H,32,35)(H,33,37)(H,34,36)(H,38,39)(H4,29,30,31). The summed E-state index contributed by atoms with van der Waals surface area (Å²) < 4.78 is 0. The summed E-state index contributed by atoms with van der Waals surface area (Å²) in [6.45, 7) is 0.303. The molecule has 0 spiro atoms. The smallest absolute Gasteiger partial charge is 0.326 e. The van der Waals surface area contributed by atoms with E-state index in [1.807, 2.05) is 6.07 Å². The summed E-state index contributed by atoms with van der Waals surface area (Å²) in [5.41, 5.74) is 18.1. The summed E-state index contributed by atoms with van der Waals surface area (Å²) in [5.74, 6) is -3.30. The molecule has 2 aromatic carbocycles. The first-order valence-electron chi connectivity index (χ1n) is 12.7. The van der Waals surface area contributed by atoms with E-state index in [4.69, 9.17) is 17.2 Å². The van der Waals surface area contributed by atoms with Crippen molar-refractivity contribution >= 4 is 42.3 Å². The van der Waals surface area contributed by atoms with Gasteiger partial charge in [0.2, 0.25) is 17.7 Å². The molecule has 216 valence electrons. The molecule has 2 rings (SSSR count). The zero-order valence-corrected chi connectivity index (χ0v) is 22.9. The molecule has 0 radical (unpaired) electrons. The summed E-state index contributed by atoms with van der Waals surface area (Å²) in [7, 11) is 0. The van der Waals surface area contributed by atoms with Gasteiger partial charge >= 0.3 is 5.97 Å². The molecule has 12 nitrogen and oxygen atoms in total. The third kappa shape index (κ3) is 11.3. The van der Waals surface area contributed by atoms with Crippen molar-refractivity contribution in [1.82, 2.24) is 16.0 Å². The van der Waals surface area contributed by atoms with Gasteiger partial charge in [0.25, 0.3) is 0 Å². The second-order valence-electron chi connectivity index (χ2n) is 9.14. The normalized spacial score (nSPS) is 13.7. The van der Waals surface area contributed by atoms with Crippen LogP contribution in [0.5, 0.6) is 0 Å². The molecule has 0 aliphatic heterocycles. The highest BCUT2D eigenvalue weighted by atomic mass is 32.1. The predicted octanol–water partition coefficient (Wildman–Crippen LogP) is -0.678. The van der Waals surface area contributed by atoms with Gasteiger partial charge in [-0.05, 0) is 24.0 Å². The van der Waals surface area contributed by atoms with E-state index < -0.39 is 47.9 Å². The van der Waals surface area contributed by atoms with Crippen LogP contribution >= 0.6 is 12.6 Å². The van der Waals surface area contributed by atoms with E-state index in [2.05, 4.69) is 33.6 Å². The SMILES string of the molecule is NC(N)=NCCCC(N)C(=O)NC(Cc1ccccc1)C(=O)NC(CS)C(=O)NC(Cc1ccccc1)C(=O)O. The number of guanidine groups is 1. The average molecular weight is 572 g/mol. The number of carboxylic acid groups (broad SMARTS) is 1. The molecule has 2 aromatic rings. The maximum Gasteiger partial charge on any atom is 0.326 e. The van der Waals surface area contributed by atoms with Crippen molar-refractivity contribution in [2.24, 2.45) is 22.2 Å². The monoisotopic (exact) mass is 571 g/mol. The van der Waals surface area contributed by atoms with Crippen molar-refractivity contribution in [1.29, 1.82) is 0 Å². The van der Waals surface area contributed by atoms with Crippen LogP contribution in [0.4, 0.5) is 0 Å². The number of carbonyl (C=O) groups is 4. The lowest BCUT2D eigenvalue weighted by Crippen LogP contribution is -2.58. The number of carbonyl (C=O) groups excluding carboxylic acids is 3. The van der Waals surface area contributed by atoms with Crippen molar-refractivity contribution in [2.75, 3.05) is 12.3 Å². The number of nitrogens with zero attached hydrogens (tertiary/aromatic N) is 1. The number of benzene rings is 2. The van der Waals surface area contributed by atoms with Crippen LogP contribution in [0.2, 0.25) is 0 Å². The Morgan fingerprint density at radius 1 is 0.775 bits per heavy atom. The largest absolute Gasteiger partial charge is 0.480 e. The highest BCUT2D eigenvalue weighted by Gasteiger charge is 2.30. The number of amides is 3. The van der Waals surface area contributed by atoms with Gasteiger partial charge in [-0.2, -0.15) is 12.6 Å². The Labute approximate surface area is 238 Å². The van der Waals surface area contributed by atoms with Gasteiger partial charge in [0.15, 0.2) is 5.96 Å². The van der Waals surface area contributed by atoms with Crippen molar-refractivity contribution in [3.63, 3.8) is 0 Å². The van der Waals surface area contributed by atoms with Crippen LogP contribution in [-0.4, -0.2) is 71.2 Å². The second kappa shape index (κ2) is 16.8. The van der Waals surface area contributed by atoms with Gasteiger partial charge in [-0.25, -0.2) is 4.79 Å². The van der Waals surface area contributed by atoms with Gasteiger partial charge in [0, 0.05) is 25.1 Å². The maximum absolute atomic E-state index is 13.3. The summed E-state index contributed by atoms with van der Waals surface area (Å²) >= 11 is 4.18. The average Bonchev–Trinajstić information content (AvgIpc) is 2.93. The lowest BCUT2D eigenvalue weighted by atomic mass is 10.0. The van der Waals surface area contributed by atoms with Gasteiger partial charge < -0.3 is 38.3 Å². The zero-order chi connectivity index (χ0) is 29.5. The number of rotatable bonds is 16. The highest BCUT2D eigenvalue weighted by Crippen LogP contribution is 2.07. The third-order valence-electron chi connectivity index (χ3n) is 5.93. The molecule has 4 unspecified atom stereocenters. The molecule has 13 heteroatoms. The Morgan fingerprint density at radius 2 is 1.25 bits per heavy atom. The number of hydrogen-bond acceptors (Lipinski definition) is 7. The van der Waals surface area contributed by atoms with Crippen LogP contribution in [0.1, 0.15) is 24.0 Å². The number of nitrogens with one attached hydrogen (secondary N) is 3. The summed E-state index contributed by atoms with van der Waals surface area (Å²) in [4.78, 5) is 54.7. The van der Waals surface area contributed by atoms with Crippen LogP contribution in [0.25, 0.3) is 0 Å². The molecule has 0 fully saturated rings. The first kappa shape index (κ1) is 32.1. The molecule has 4 atom stereocenters. The number of aliphatic carboxylic acids is 1. The Kier molecular flexibility index (Phi) is 13.5. The third-order valence-corrected chi connectivity index (χ3v) is 6.30. The second-order valence-corrected chi connectivity index (χ2v) is 9.50. The molecule has 3 amide bonds. The summed E-state index contributed by atoms with van der Waals surface area (Å²) in [6, 6.07) is 13.5. The maximum atomic E-state index is 13.3. The van der Waals surface area contributed by atoms with Crippen LogP contribution < -0.4 is 33.2 Å². The molecular formula is C27H37N7O5S. The Balaban J connectivity index is 2.09. The number of nitrogens with two attached hydrogens (primary N) is 3. The van der Waals surface area contributed by atoms with E-state index >= 15 is 0 Å².